The second-order valence-corrected chi connectivity index (χ2v) is 16.2. The molecule has 0 fully saturated rings. The lowest BCUT2D eigenvalue weighted by molar-refractivity contribution is -0.154. The van der Waals surface area contributed by atoms with E-state index < -0.39 is 11.5 Å². The molecular weight excluding hydrogens is 658 g/mol. The number of fused-ring (bicyclic) bond motifs is 1. The number of nitrogens with one attached hydrogen (secondary N) is 6. The zero-order chi connectivity index (χ0) is 40.5. The number of carbonyl (C=O) groups is 2. The molecule has 14 heteroatoms. The second-order valence-electron chi connectivity index (χ2n) is 16.2. The van der Waals surface area contributed by atoms with Crippen molar-refractivity contribution in [3.05, 3.63) is 34.5 Å². The van der Waals surface area contributed by atoms with Gasteiger partial charge in [0.25, 0.3) is 0 Å². The van der Waals surface area contributed by atoms with E-state index >= 15 is 0 Å². The average Bonchev–Trinajstić information content (AvgIpc) is 3.41. The number of nitrogens with two attached hydrogens (primary N) is 4. The molecule has 1 atom stereocenters. The van der Waals surface area contributed by atoms with E-state index in [1.165, 1.54) is 18.2 Å². The summed E-state index contributed by atoms with van der Waals surface area (Å²) in [7, 11) is 5.17. The molecular formula is C38H71N11O3. The fourth-order valence-corrected chi connectivity index (χ4v) is 6.22. The molecule has 2 rings (SSSR count). The highest BCUT2D eigenvalue weighted by molar-refractivity contribution is 5.92. The number of hydrogen-bond donors (Lipinski definition) is 10. The molecule has 14 nitrogen and oxygen atoms in total. The topological polar surface area (TPSA) is 259 Å². The molecule has 1 aromatic carbocycles. The summed E-state index contributed by atoms with van der Waals surface area (Å²) in [6.07, 6.45) is 4.45. The minimum Gasteiger partial charge on any atom is -0.469 e. The predicted octanol–water partition coefficient (Wildman–Crippen LogP) is 3.62. The van der Waals surface area contributed by atoms with E-state index in [0.717, 1.165) is 60.8 Å². The molecule has 52 heavy (non-hydrogen) atoms. The van der Waals surface area contributed by atoms with E-state index in [1.807, 2.05) is 14.1 Å². The molecule has 0 spiro atoms. The van der Waals surface area contributed by atoms with Crippen LogP contribution in [0.25, 0.3) is 10.9 Å². The van der Waals surface area contributed by atoms with Crippen LogP contribution in [-0.2, 0) is 37.0 Å². The number of guanidine groups is 1. The molecule has 2 aromatic rings. The Labute approximate surface area is 312 Å². The second kappa shape index (κ2) is 21.4. The molecule has 1 amide bonds. The minimum absolute atomic E-state index is 0.0470. The number of carbonyl (C=O) groups excluding carboxylic acids is 2. The van der Waals surface area contributed by atoms with Gasteiger partial charge in [0.2, 0.25) is 5.91 Å². The van der Waals surface area contributed by atoms with Crippen molar-refractivity contribution in [2.24, 2.45) is 33.3 Å². The Morgan fingerprint density at radius 2 is 1.38 bits per heavy atom. The van der Waals surface area contributed by atoms with E-state index in [0.29, 0.717) is 19.3 Å². The summed E-state index contributed by atoms with van der Waals surface area (Å²) in [4.78, 5) is 35.6. The van der Waals surface area contributed by atoms with Gasteiger partial charge in [0, 0.05) is 35.0 Å². The van der Waals surface area contributed by atoms with Crippen molar-refractivity contribution < 1.29 is 14.3 Å². The SMILES string of the molecule is CNCCCC(CCCNC)(CNC(=O)[C@H](Cc1c(C(C)(C)C)[nH]c2cc(C(C)(C)C)cc(C(C)(C)C)c12)N=C(N)N)C(=O)OC.N=CN.N=CN. The first-order valence-corrected chi connectivity index (χ1v) is 17.9. The van der Waals surface area contributed by atoms with Crippen molar-refractivity contribution in [2.45, 2.75) is 117 Å². The Hall–Kier alpha value is -4.17. The third-order valence-electron chi connectivity index (χ3n) is 8.81. The van der Waals surface area contributed by atoms with Crippen LogP contribution in [0, 0.1) is 16.2 Å². The molecule has 0 bridgehead atoms. The number of benzene rings is 1. The number of esters is 1. The van der Waals surface area contributed by atoms with Crippen LogP contribution < -0.4 is 38.9 Å². The summed E-state index contributed by atoms with van der Waals surface area (Å²) in [6.45, 7) is 21.4. The van der Waals surface area contributed by atoms with Crippen molar-refractivity contribution in [1.82, 2.24) is 20.9 Å². The zero-order valence-corrected chi connectivity index (χ0v) is 34.0. The maximum Gasteiger partial charge on any atom is 0.313 e. The van der Waals surface area contributed by atoms with Crippen LogP contribution in [0.3, 0.4) is 0 Å². The molecule has 14 N–H and O–H groups in total. The molecule has 0 unspecified atom stereocenters. The normalized spacial score (nSPS) is 12.4. The lowest BCUT2D eigenvalue weighted by Crippen LogP contribution is -2.47. The summed E-state index contributed by atoms with van der Waals surface area (Å²) >= 11 is 0. The molecule has 0 aliphatic carbocycles. The van der Waals surface area contributed by atoms with Crippen LogP contribution >= 0.6 is 0 Å². The number of methoxy groups -OCH3 is 1. The van der Waals surface area contributed by atoms with Gasteiger partial charge in [0.1, 0.15) is 6.04 Å². The third kappa shape index (κ3) is 14.5. The van der Waals surface area contributed by atoms with Gasteiger partial charge in [-0.05, 0) is 86.5 Å². The first kappa shape index (κ1) is 47.8. The van der Waals surface area contributed by atoms with E-state index in [9.17, 15) is 9.59 Å². The summed E-state index contributed by atoms with van der Waals surface area (Å²) in [6, 6.07) is 3.65. The molecule has 0 saturated heterocycles. The number of hydrogen-bond acceptors (Lipinski definition) is 8. The van der Waals surface area contributed by atoms with Gasteiger partial charge < -0.3 is 48.6 Å². The lowest BCUT2D eigenvalue weighted by atomic mass is 9.77. The van der Waals surface area contributed by atoms with Crippen molar-refractivity contribution in [1.29, 1.82) is 10.8 Å². The van der Waals surface area contributed by atoms with E-state index in [2.05, 4.69) is 112 Å². The predicted molar refractivity (Wildman–Crippen MR) is 217 cm³/mol. The van der Waals surface area contributed by atoms with Crippen molar-refractivity contribution >= 4 is 41.4 Å². The van der Waals surface area contributed by atoms with Crippen molar-refractivity contribution in [2.75, 3.05) is 40.8 Å². The molecule has 0 aliphatic rings. The molecule has 1 heterocycles. The van der Waals surface area contributed by atoms with Gasteiger partial charge in [0.15, 0.2) is 5.96 Å². The Bertz CT molecular complexity index is 1440. The van der Waals surface area contributed by atoms with Gasteiger partial charge in [-0.3, -0.25) is 20.4 Å². The van der Waals surface area contributed by atoms with Gasteiger partial charge in [-0.25, -0.2) is 4.99 Å². The van der Waals surface area contributed by atoms with Crippen LogP contribution in [0.5, 0.6) is 0 Å². The fraction of sp³-hybridized carbons (Fsp3) is 0.658. The van der Waals surface area contributed by atoms with Crippen LogP contribution in [0.2, 0.25) is 0 Å². The van der Waals surface area contributed by atoms with E-state index in [1.54, 1.807) is 0 Å². The lowest BCUT2D eigenvalue weighted by Gasteiger charge is -2.32. The highest BCUT2D eigenvalue weighted by Gasteiger charge is 2.40. The van der Waals surface area contributed by atoms with Crippen molar-refractivity contribution in [3.8, 4) is 0 Å². The number of nitrogens with zero attached hydrogens (tertiary/aromatic N) is 1. The third-order valence-corrected chi connectivity index (χ3v) is 8.81. The van der Waals surface area contributed by atoms with Crippen LogP contribution in [0.1, 0.15) is 110 Å². The quantitative estimate of drug-likeness (QED) is 0.0555. The Balaban J connectivity index is 0.00000404. The Kier molecular flexibility index (Phi) is 19.7. The smallest absolute Gasteiger partial charge is 0.313 e. The summed E-state index contributed by atoms with van der Waals surface area (Å²) in [5.74, 6) is -0.818. The van der Waals surface area contributed by atoms with Gasteiger partial charge in [0.05, 0.1) is 25.2 Å². The standard InChI is InChI=1S/C36H63N7O3.2CH4N2/c1-33(2,3)23-19-25(34(4,5)6)28-24(29(35(7,8)9)42-26(28)20-23)21-27(43-32(37)38)30(44)41-22-36(31(45)46-12,15-13-17-39-10)16-14-18-40-11;2*2-1-3/h19-20,27,39-40,42H,13-18,21-22H2,1-12H3,(H,41,44)(H4,37,38,43);2*1H,(H3,2,3)/t27-;;/m0../s1. The number of amides is 1. The highest BCUT2D eigenvalue weighted by atomic mass is 16.5. The molecule has 0 radical (unpaired) electrons. The molecule has 0 saturated carbocycles. The average molecular weight is 730 g/mol. The van der Waals surface area contributed by atoms with E-state index in [-0.39, 0.29) is 40.6 Å². The van der Waals surface area contributed by atoms with Gasteiger partial charge in [-0.15, -0.1) is 0 Å². The monoisotopic (exact) mass is 730 g/mol. The van der Waals surface area contributed by atoms with Crippen LogP contribution in [0.15, 0.2) is 17.1 Å². The Morgan fingerprint density at radius 3 is 1.77 bits per heavy atom. The van der Waals surface area contributed by atoms with Crippen LogP contribution in [-0.4, -0.2) is 82.4 Å². The summed E-state index contributed by atoms with van der Waals surface area (Å²) in [5.41, 5.74) is 24.9. The number of aliphatic imine (C=N–C) groups is 1. The first-order chi connectivity index (χ1) is 24.0. The summed E-state index contributed by atoms with van der Waals surface area (Å²) in [5, 5.41) is 22.2. The van der Waals surface area contributed by atoms with Crippen molar-refractivity contribution in [3.63, 3.8) is 0 Å². The largest absolute Gasteiger partial charge is 0.469 e. The Morgan fingerprint density at radius 1 is 0.885 bits per heavy atom. The molecule has 296 valence electrons. The summed E-state index contributed by atoms with van der Waals surface area (Å²) < 4.78 is 5.30. The molecule has 0 aliphatic heterocycles. The number of rotatable bonds is 15. The molecule has 1 aromatic heterocycles. The first-order valence-electron chi connectivity index (χ1n) is 17.9. The van der Waals surface area contributed by atoms with Gasteiger partial charge >= 0.3 is 5.97 Å². The van der Waals surface area contributed by atoms with Gasteiger partial charge in [-0.1, -0.05) is 68.4 Å². The maximum absolute atomic E-state index is 14.1. The maximum atomic E-state index is 14.1. The number of H-pyrrole nitrogens is 1. The fourth-order valence-electron chi connectivity index (χ4n) is 6.22. The van der Waals surface area contributed by atoms with E-state index in [4.69, 9.17) is 27.0 Å². The number of aromatic nitrogens is 1. The van der Waals surface area contributed by atoms with Gasteiger partial charge in [-0.2, -0.15) is 0 Å². The highest BCUT2D eigenvalue weighted by Crippen LogP contribution is 2.41. The number of aromatic amines is 1. The van der Waals surface area contributed by atoms with Crippen LogP contribution in [0.4, 0.5) is 0 Å². The zero-order valence-electron chi connectivity index (χ0n) is 34.0. The minimum atomic E-state index is -0.898. The number of ether oxygens (including phenoxy) is 1.